The van der Waals surface area contributed by atoms with Crippen molar-refractivity contribution in [1.29, 1.82) is 0 Å². The van der Waals surface area contributed by atoms with E-state index in [4.69, 9.17) is 14.9 Å². The Morgan fingerprint density at radius 3 is 2.39 bits per heavy atom. The first-order valence-corrected chi connectivity index (χ1v) is 13.0. The third-order valence-corrected chi connectivity index (χ3v) is 7.21. The van der Waals surface area contributed by atoms with E-state index in [9.17, 15) is 23.8 Å². The number of rotatable bonds is 12. The number of ether oxygens (including phenoxy) is 1. The second kappa shape index (κ2) is 13.1. The Hall–Kier alpha value is -3.14. The number of aromatic nitrogens is 2. The van der Waals surface area contributed by atoms with E-state index in [0.29, 0.717) is 54.6 Å². The lowest BCUT2D eigenvalue weighted by Gasteiger charge is -2.28. The summed E-state index contributed by atoms with van der Waals surface area (Å²) in [5, 5.41) is 33.2. The zero-order valence-electron chi connectivity index (χ0n) is 21.2. The van der Waals surface area contributed by atoms with Crippen molar-refractivity contribution in [2.75, 3.05) is 19.8 Å². The van der Waals surface area contributed by atoms with Gasteiger partial charge in [0.25, 0.3) is 0 Å². The summed E-state index contributed by atoms with van der Waals surface area (Å²) >= 11 is 0. The fourth-order valence-electron chi connectivity index (χ4n) is 5.19. The summed E-state index contributed by atoms with van der Waals surface area (Å²) in [5.74, 6) is -2.20. The van der Waals surface area contributed by atoms with Gasteiger partial charge in [0.05, 0.1) is 19.3 Å². The number of nitrogens with zero attached hydrogens (tertiary/aromatic N) is 2. The summed E-state index contributed by atoms with van der Waals surface area (Å²) in [4.78, 5) is 10.7. The van der Waals surface area contributed by atoms with Crippen molar-refractivity contribution in [2.24, 2.45) is 11.8 Å². The molecule has 1 aliphatic carbocycles. The van der Waals surface area contributed by atoms with E-state index in [2.05, 4.69) is 0 Å². The van der Waals surface area contributed by atoms with Gasteiger partial charge in [0.1, 0.15) is 12.3 Å². The minimum Gasteiger partial charge on any atom is -0.480 e. The molecular formula is C29H34F2N2O5. The first-order valence-electron chi connectivity index (χ1n) is 13.0. The number of benzene rings is 2. The molecule has 0 saturated heterocycles. The zero-order valence-corrected chi connectivity index (χ0v) is 21.2. The van der Waals surface area contributed by atoms with Crippen molar-refractivity contribution in [3.63, 3.8) is 0 Å². The van der Waals surface area contributed by atoms with Crippen LogP contribution in [0.15, 0.2) is 48.5 Å². The molecule has 1 fully saturated rings. The molecule has 0 radical (unpaired) electrons. The standard InChI is InChI=1S/C29H34F2N2O5/c30-24-12-10-22(14-25(24)31)28-26(13-11-23(35)16-34)33(32-29(28)21-4-2-1-3-5-21)15-19-6-8-20(9-7-19)17-38-18-27(36)37/h1-5,10,12,14,19-20,23,34-35H,6-9,11,13,15-18H2,(H,36,37)/t19?,20?,23-/m0/s1. The first-order chi connectivity index (χ1) is 18.4. The van der Waals surface area contributed by atoms with E-state index in [1.54, 1.807) is 6.07 Å². The zero-order chi connectivity index (χ0) is 27.1. The normalized spacial score (nSPS) is 18.4. The Kier molecular flexibility index (Phi) is 9.60. The van der Waals surface area contributed by atoms with Crippen LogP contribution in [0.3, 0.4) is 0 Å². The molecule has 0 unspecified atom stereocenters. The topological polar surface area (TPSA) is 105 Å². The summed E-state index contributed by atoms with van der Waals surface area (Å²) in [6, 6.07) is 13.4. The largest absolute Gasteiger partial charge is 0.480 e. The van der Waals surface area contributed by atoms with Crippen LogP contribution in [0.4, 0.5) is 8.78 Å². The lowest BCUT2D eigenvalue weighted by Crippen LogP contribution is -2.24. The highest BCUT2D eigenvalue weighted by Crippen LogP contribution is 2.38. The maximum atomic E-state index is 14.3. The number of aliphatic hydroxyl groups excluding tert-OH is 2. The molecule has 9 heteroatoms. The van der Waals surface area contributed by atoms with Gasteiger partial charge in [-0.1, -0.05) is 36.4 Å². The predicted octanol–water partition coefficient (Wildman–Crippen LogP) is 4.69. The maximum absolute atomic E-state index is 14.3. The van der Waals surface area contributed by atoms with Crippen LogP contribution in [-0.4, -0.2) is 57.0 Å². The highest BCUT2D eigenvalue weighted by atomic mass is 19.2. The summed E-state index contributed by atoms with van der Waals surface area (Å²) in [7, 11) is 0. The highest BCUT2D eigenvalue weighted by molar-refractivity contribution is 5.83. The third kappa shape index (κ3) is 7.03. The number of hydrogen-bond donors (Lipinski definition) is 3. The van der Waals surface area contributed by atoms with Crippen LogP contribution in [0, 0.1) is 23.5 Å². The highest BCUT2D eigenvalue weighted by Gasteiger charge is 2.26. The molecule has 0 spiro atoms. The van der Waals surface area contributed by atoms with Crippen LogP contribution in [0.1, 0.15) is 37.8 Å². The molecule has 1 aliphatic rings. The second-order valence-electron chi connectivity index (χ2n) is 10.0. The van der Waals surface area contributed by atoms with Crippen molar-refractivity contribution in [1.82, 2.24) is 9.78 Å². The Morgan fingerprint density at radius 2 is 1.74 bits per heavy atom. The van der Waals surface area contributed by atoms with Crippen molar-refractivity contribution < 1.29 is 33.6 Å². The quantitative estimate of drug-likeness (QED) is 0.315. The molecule has 0 amide bonds. The van der Waals surface area contributed by atoms with Gasteiger partial charge in [-0.05, 0) is 68.1 Å². The molecule has 0 aliphatic heterocycles. The van der Waals surface area contributed by atoms with Gasteiger partial charge in [0, 0.05) is 23.4 Å². The van der Waals surface area contributed by atoms with Crippen molar-refractivity contribution in [3.05, 3.63) is 65.9 Å². The monoisotopic (exact) mass is 528 g/mol. The summed E-state index contributed by atoms with van der Waals surface area (Å²) in [5.41, 5.74) is 3.49. The molecule has 2 aromatic carbocycles. The fraction of sp³-hybridized carbons (Fsp3) is 0.448. The van der Waals surface area contributed by atoms with Crippen LogP contribution in [0.5, 0.6) is 0 Å². The summed E-state index contributed by atoms with van der Waals surface area (Å²) in [6.07, 6.45) is 3.49. The summed E-state index contributed by atoms with van der Waals surface area (Å²) < 4.78 is 35.4. The molecule has 1 aromatic heterocycles. The Labute approximate surface area is 220 Å². The van der Waals surface area contributed by atoms with Crippen molar-refractivity contribution in [2.45, 2.75) is 51.2 Å². The SMILES string of the molecule is O=C(O)COCC1CCC(Cn2nc(-c3ccccc3)c(-c3ccc(F)c(F)c3)c2CC[C@H](O)CO)CC1. The smallest absolute Gasteiger partial charge is 0.329 e. The number of carboxylic acid groups (broad SMARTS) is 1. The molecule has 3 N–H and O–H groups in total. The lowest BCUT2D eigenvalue weighted by molar-refractivity contribution is -0.142. The Bertz CT molecular complexity index is 1210. The molecule has 204 valence electrons. The van der Waals surface area contributed by atoms with Gasteiger partial charge in [0.15, 0.2) is 11.6 Å². The Morgan fingerprint density at radius 1 is 1.03 bits per heavy atom. The molecule has 0 bridgehead atoms. The van der Waals surface area contributed by atoms with Crippen LogP contribution in [-0.2, 0) is 22.5 Å². The molecule has 4 rings (SSSR count). The predicted molar refractivity (Wildman–Crippen MR) is 138 cm³/mol. The molecule has 1 heterocycles. The van der Waals surface area contributed by atoms with Crippen molar-refractivity contribution in [3.8, 4) is 22.4 Å². The van der Waals surface area contributed by atoms with Gasteiger partial charge in [-0.25, -0.2) is 13.6 Å². The number of aliphatic hydroxyl groups is 2. The van der Waals surface area contributed by atoms with Gasteiger partial charge in [-0.2, -0.15) is 5.10 Å². The van der Waals surface area contributed by atoms with Gasteiger partial charge in [-0.3, -0.25) is 4.68 Å². The average molecular weight is 529 g/mol. The lowest BCUT2D eigenvalue weighted by atomic mass is 9.82. The van der Waals surface area contributed by atoms with Gasteiger partial charge < -0.3 is 20.1 Å². The molecule has 1 atom stereocenters. The van der Waals surface area contributed by atoms with Crippen LogP contribution < -0.4 is 0 Å². The third-order valence-electron chi connectivity index (χ3n) is 7.21. The van der Waals surface area contributed by atoms with Crippen molar-refractivity contribution >= 4 is 5.97 Å². The second-order valence-corrected chi connectivity index (χ2v) is 10.0. The van der Waals surface area contributed by atoms with E-state index in [1.165, 1.54) is 6.07 Å². The van der Waals surface area contributed by atoms with E-state index >= 15 is 0 Å². The first kappa shape index (κ1) is 27.9. The van der Waals surface area contributed by atoms with E-state index in [-0.39, 0.29) is 13.2 Å². The van der Waals surface area contributed by atoms with Gasteiger partial charge >= 0.3 is 5.97 Å². The fourth-order valence-corrected chi connectivity index (χ4v) is 5.19. The average Bonchev–Trinajstić information content (AvgIpc) is 3.28. The minimum atomic E-state index is -0.970. The Balaban J connectivity index is 1.65. The number of carboxylic acids is 1. The van der Waals surface area contributed by atoms with E-state index < -0.39 is 23.7 Å². The molecule has 3 aromatic rings. The molecule has 7 nitrogen and oxygen atoms in total. The van der Waals surface area contributed by atoms with Crippen LogP contribution >= 0.6 is 0 Å². The van der Waals surface area contributed by atoms with Crippen LogP contribution in [0.25, 0.3) is 22.4 Å². The minimum absolute atomic E-state index is 0.286. The number of hydrogen-bond acceptors (Lipinski definition) is 5. The maximum Gasteiger partial charge on any atom is 0.329 e. The van der Waals surface area contributed by atoms with Gasteiger partial charge in [0.2, 0.25) is 0 Å². The van der Waals surface area contributed by atoms with Gasteiger partial charge in [-0.15, -0.1) is 0 Å². The number of carbonyl (C=O) groups is 1. The molecular weight excluding hydrogens is 494 g/mol. The number of halogens is 2. The van der Waals surface area contributed by atoms with E-state index in [0.717, 1.165) is 43.0 Å². The molecule has 38 heavy (non-hydrogen) atoms. The van der Waals surface area contributed by atoms with Crippen LogP contribution in [0.2, 0.25) is 0 Å². The van der Waals surface area contributed by atoms with E-state index in [1.807, 2.05) is 35.0 Å². The molecule has 1 saturated carbocycles. The summed E-state index contributed by atoms with van der Waals surface area (Å²) in [6.45, 7) is 0.403. The number of aliphatic carboxylic acids is 1.